The first-order valence-corrected chi connectivity index (χ1v) is 5.51. The van der Waals surface area contributed by atoms with Gasteiger partial charge in [0.05, 0.1) is 12.1 Å². The van der Waals surface area contributed by atoms with Gasteiger partial charge in [0.25, 0.3) is 0 Å². The van der Waals surface area contributed by atoms with Crippen LogP contribution in [0.15, 0.2) is 12.4 Å². The zero-order valence-corrected chi connectivity index (χ0v) is 9.32. The van der Waals surface area contributed by atoms with E-state index in [2.05, 4.69) is 10.3 Å². The lowest BCUT2D eigenvalue weighted by molar-refractivity contribution is -0.145. The van der Waals surface area contributed by atoms with Gasteiger partial charge in [0.15, 0.2) is 0 Å². The van der Waals surface area contributed by atoms with Crippen LogP contribution >= 0.6 is 0 Å². The molecule has 1 amide bonds. The highest BCUT2D eigenvalue weighted by Crippen LogP contribution is 2.16. The lowest BCUT2D eigenvalue weighted by atomic mass is 9.98. The number of amides is 1. The van der Waals surface area contributed by atoms with Gasteiger partial charge >= 0.3 is 5.97 Å². The molecule has 1 atom stereocenters. The van der Waals surface area contributed by atoms with Crippen molar-refractivity contribution < 1.29 is 14.7 Å². The van der Waals surface area contributed by atoms with Crippen LogP contribution in [0.5, 0.6) is 0 Å². The van der Waals surface area contributed by atoms with Gasteiger partial charge in [0.2, 0.25) is 5.91 Å². The van der Waals surface area contributed by atoms with Crippen LogP contribution in [0, 0.1) is 5.92 Å². The van der Waals surface area contributed by atoms with Crippen LogP contribution in [0.25, 0.3) is 0 Å². The van der Waals surface area contributed by atoms with Gasteiger partial charge in [-0.25, -0.2) is 4.68 Å². The summed E-state index contributed by atoms with van der Waals surface area (Å²) in [6.07, 6.45) is 4.49. The van der Waals surface area contributed by atoms with E-state index in [1.807, 2.05) is 0 Å². The zero-order chi connectivity index (χ0) is 12.3. The van der Waals surface area contributed by atoms with Gasteiger partial charge in [-0.2, -0.15) is 0 Å². The molecule has 0 saturated carbocycles. The molecule has 0 aliphatic carbocycles. The van der Waals surface area contributed by atoms with Crippen LogP contribution < -0.4 is 0 Å². The van der Waals surface area contributed by atoms with E-state index in [4.69, 9.17) is 5.11 Å². The summed E-state index contributed by atoms with van der Waals surface area (Å²) in [6, 6.07) is 0. The fourth-order valence-electron chi connectivity index (χ4n) is 1.96. The summed E-state index contributed by atoms with van der Waals surface area (Å²) < 4.78 is 1.44. The Balaban J connectivity index is 1.93. The fourth-order valence-corrected chi connectivity index (χ4v) is 1.96. The van der Waals surface area contributed by atoms with Crippen molar-refractivity contribution in [3.63, 3.8) is 0 Å². The molecule has 1 N–H and O–H groups in total. The van der Waals surface area contributed by atoms with Gasteiger partial charge in [-0.15, -0.1) is 5.10 Å². The number of hydrogen-bond donors (Lipinski definition) is 1. The molecule has 7 nitrogen and oxygen atoms in total. The quantitative estimate of drug-likeness (QED) is 0.774. The summed E-state index contributed by atoms with van der Waals surface area (Å²) in [5, 5.41) is 16.2. The Morgan fingerprint density at radius 1 is 1.47 bits per heavy atom. The highest BCUT2D eigenvalue weighted by Gasteiger charge is 2.28. The van der Waals surface area contributed by atoms with E-state index in [1.165, 1.54) is 10.9 Å². The number of aromatic nitrogens is 3. The van der Waals surface area contributed by atoms with E-state index < -0.39 is 11.9 Å². The van der Waals surface area contributed by atoms with Crippen molar-refractivity contribution in [2.75, 3.05) is 13.1 Å². The van der Waals surface area contributed by atoms with Crippen LogP contribution in [0.3, 0.4) is 0 Å². The molecule has 2 heterocycles. The number of carbonyl (C=O) groups excluding carboxylic acids is 1. The third kappa shape index (κ3) is 2.80. The molecule has 1 aliphatic heterocycles. The minimum Gasteiger partial charge on any atom is -0.481 e. The van der Waals surface area contributed by atoms with Crippen LogP contribution in [-0.4, -0.2) is 50.0 Å². The van der Waals surface area contributed by atoms with Crippen LogP contribution in [-0.2, 0) is 16.1 Å². The van der Waals surface area contributed by atoms with E-state index in [1.54, 1.807) is 11.1 Å². The second-order valence-electron chi connectivity index (χ2n) is 4.12. The third-order valence-corrected chi connectivity index (χ3v) is 2.89. The van der Waals surface area contributed by atoms with Crippen molar-refractivity contribution in [2.45, 2.75) is 19.4 Å². The van der Waals surface area contributed by atoms with Crippen LogP contribution in [0.1, 0.15) is 12.8 Å². The first-order chi connectivity index (χ1) is 8.16. The Hall–Kier alpha value is -1.92. The van der Waals surface area contributed by atoms with Gasteiger partial charge in [0, 0.05) is 19.3 Å². The van der Waals surface area contributed by atoms with Crippen molar-refractivity contribution >= 4 is 11.9 Å². The molecule has 1 aromatic rings. The van der Waals surface area contributed by atoms with E-state index in [9.17, 15) is 9.59 Å². The monoisotopic (exact) mass is 238 g/mol. The van der Waals surface area contributed by atoms with Gasteiger partial charge in [0.1, 0.15) is 6.54 Å². The first-order valence-electron chi connectivity index (χ1n) is 5.51. The van der Waals surface area contributed by atoms with E-state index in [0.717, 1.165) is 6.42 Å². The van der Waals surface area contributed by atoms with Crippen molar-refractivity contribution in [1.29, 1.82) is 0 Å². The number of carbonyl (C=O) groups is 2. The molecular weight excluding hydrogens is 224 g/mol. The van der Waals surface area contributed by atoms with Gasteiger partial charge in [-0.05, 0) is 12.8 Å². The maximum atomic E-state index is 11.9. The lowest BCUT2D eigenvalue weighted by Crippen LogP contribution is -2.43. The van der Waals surface area contributed by atoms with Crippen molar-refractivity contribution in [2.24, 2.45) is 5.92 Å². The van der Waals surface area contributed by atoms with E-state index >= 15 is 0 Å². The first kappa shape index (κ1) is 11.6. The molecule has 17 heavy (non-hydrogen) atoms. The second kappa shape index (κ2) is 4.94. The summed E-state index contributed by atoms with van der Waals surface area (Å²) in [7, 11) is 0. The number of rotatable bonds is 3. The molecule has 0 radical (unpaired) electrons. The van der Waals surface area contributed by atoms with Gasteiger partial charge in [-0.3, -0.25) is 9.59 Å². The van der Waals surface area contributed by atoms with Crippen molar-refractivity contribution in [3.8, 4) is 0 Å². The summed E-state index contributed by atoms with van der Waals surface area (Å²) >= 11 is 0. The Labute approximate surface area is 98.0 Å². The molecule has 7 heteroatoms. The number of likely N-dealkylation sites (tertiary alicyclic amines) is 1. The highest BCUT2D eigenvalue weighted by molar-refractivity contribution is 5.77. The number of hydrogen-bond acceptors (Lipinski definition) is 4. The third-order valence-electron chi connectivity index (χ3n) is 2.89. The molecule has 1 aliphatic rings. The molecular formula is C10H14N4O3. The molecule has 1 saturated heterocycles. The molecule has 2 rings (SSSR count). The SMILES string of the molecule is O=C(O)[C@H]1CCCN(C(=O)Cn2ccnn2)C1. The predicted octanol–water partition coefficient (Wildman–Crippen LogP) is -0.399. The zero-order valence-electron chi connectivity index (χ0n) is 9.32. The average molecular weight is 238 g/mol. The molecule has 92 valence electrons. The van der Waals surface area contributed by atoms with Crippen molar-refractivity contribution in [1.82, 2.24) is 19.9 Å². The molecule has 1 fully saturated rings. The number of aliphatic carboxylic acids is 1. The van der Waals surface area contributed by atoms with Gasteiger partial charge in [-0.1, -0.05) is 5.21 Å². The average Bonchev–Trinajstić information content (AvgIpc) is 2.82. The topological polar surface area (TPSA) is 88.3 Å². The number of nitrogens with zero attached hydrogens (tertiary/aromatic N) is 4. The molecule has 1 aromatic heterocycles. The summed E-state index contributed by atoms with van der Waals surface area (Å²) in [5.41, 5.74) is 0. The van der Waals surface area contributed by atoms with E-state index in [-0.39, 0.29) is 12.5 Å². The smallest absolute Gasteiger partial charge is 0.308 e. The maximum Gasteiger partial charge on any atom is 0.308 e. The van der Waals surface area contributed by atoms with E-state index in [0.29, 0.717) is 19.5 Å². The van der Waals surface area contributed by atoms with Gasteiger partial charge < -0.3 is 10.0 Å². The summed E-state index contributed by atoms with van der Waals surface area (Å²) in [4.78, 5) is 24.3. The Bertz CT molecular complexity index is 404. The summed E-state index contributed by atoms with van der Waals surface area (Å²) in [6.45, 7) is 1.03. The number of piperidine rings is 1. The largest absolute Gasteiger partial charge is 0.481 e. The van der Waals surface area contributed by atoms with Crippen LogP contribution in [0.4, 0.5) is 0 Å². The second-order valence-corrected chi connectivity index (χ2v) is 4.12. The normalized spacial score (nSPS) is 20.2. The Morgan fingerprint density at radius 3 is 2.94 bits per heavy atom. The van der Waals surface area contributed by atoms with Crippen molar-refractivity contribution in [3.05, 3.63) is 12.4 Å². The highest BCUT2D eigenvalue weighted by atomic mass is 16.4. The molecule has 0 bridgehead atoms. The summed E-state index contributed by atoms with van der Waals surface area (Å²) in [5.74, 6) is -1.38. The predicted molar refractivity (Wildman–Crippen MR) is 57.0 cm³/mol. The molecule has 0 unspecified atom stereocenters. The fraction of sp³-hybridized carbons (Fsp3) is 0.600. The molecule has 0 spiro atoms. The van der Waals surface area contributed by atoms with Crippen LogP contribution in [0.2, 0.25) is 0 Å². The standard InChI is InChI=1S/C10H14N4O3/c15-9(7-14-5-3-11-12-14)13-4-1-2-8(6-13)10(16)17/h3,5,8H,1-2,4,6-7H2,(H,16,17)/t8-/m0/s1. The Kier molecular flexibility index (Phi) is 3.36. The minimum absolute atomic E-state index is 0.110. The minimum atomic E-state index is -0.830. The molecule has 0 aromatic carbocycles. The maximum absolute atomic E-state index is 11.9. The Morgan fingerprint density at radius 2 is 2.29 bits per heavy atom. The number of carboxylic acid groups (broad SMARTS) is 1. The number of carboxylic acids is 1. The lowest BCUT2D eigenvalue weighted by Gasteiger charge is -2.30.